The van der Waals surface area contributed by atoms with Gasteiger partial charge < -0.3 is 14.4 Å². The summed E-state index contributed by atoms with van der Waals surface area (Å²) in [7, 11) is 5.51. The molecular weight excluding hydrogens is 242 g/mol. The van der Waals surface area contributed by atoms with Gasteiger partial charge in [0.25, 0.3) is 0 Å². The first kappa shape index (κ1) is 14.1. The molecule has 0 aliphatic carbocycles. The van der Waals surface area contributed by atoms with Gasteiger partial charge in [-0.2, -0.15) is 0 Å². The van der Waals surface area contributed by atoms with Crippen LogP contribution < -0.4 is 14.9 Å². The number of ether oxygens (including phenoxy) is 2. The number of nitrogens with one attached hydrogen (secondary N) is 1. The van der Waals surface area contributed by atoms with Crippen molar-refractivity contribution in [1.29, 1.82) is 0 Å². The van der Waals surface area contributed by atoms with E-state index in [9.17, 15) is 0 Å². The summed E-state index contributed by atoms with van der Waals surface area (Å²) in [6, 6.07) is 5.92. The van der Waals surface area contributed by atoms with Gasteiger partial charge in [-0.3, -0.25) is 5.43 Å². The van der Waals surface area contributed by atoms with Crippen molar-refractivity contribution in [3.8, 4) is 11.5 Å². The summed E-state index contributed by atoms with van der Waals surface area (Å²) >= 11 is 0. The number of hydrazine groups is 1. The van der Waals surface area contributed by atoms with Crippen LogP contribution in [-0.2, 0) is 6.54 Å². The van der Waals surface area contributed by atoms with Gasteiger partial charge in [0.05, 0.1) is 14.2 Å². The van der Waals surface area contributed by atoms with E-state index in [0.717, 1.165) is 49.8 Å². The molecule has 5 heteroatoms. The number of methoxy groups -OCH3 is 2. The van der Waals surface area contributed by atoms with Crippen LogP contribution in [0.5, 0.6) is 11.5 Å². The van der Waals surface area contributed by atoms with Crippen molar-refractivity contribution in [2.45, 2.75) is 6.54 Å². The summed E-state index contributed by atoms with van der Waals surface area (Å²) in [6.45, 7) is 5.08. The Morgan fingerprint density at radius 2 is 1.84 bits per heavy atom. The quantitative estimate of drug-likeness (QED) is 0.858. The number of rotatable bonds is 5. The maximum Gasteiger partial charge on any atom is 0.127 e. The zero-order chi connectivity index (χ0) is 13.7. The fourth-order valence-electron chi connectivity index (χ4n) is 2.16. The second-order valence-electron chi connectivity index (χ2n) is 4.80. The van der Waals surface area contributed by atoms with Crippen molar-refractivity contribution >= 4 is 0 Å². The number of nitrogens with zero attached hydrogens (tertiary/aromatic N) is 2. The van der Waals surface area contributed by atoms with Crippen LogP contribution in [0, 0.1) is 0 Å². The second-order valence-corrected chi connectivity index (χ2v) is 4.80. The molecule has 0 saturated carbocycles. The monoisotopic (exact) mass is 265 g/mol. The van der Waals surface area contributed by atoms with E-state index in [4.69, 9.17) is 9.47 Å². The highest BCUT2D eigenvalue weighted by Gasteiger charge is 2.13. The summed E-state index contributed by atoms with van der Waals surface area (Å²) in [4.78, 5) is 2.34. The summed E-state index contributed by atoms with van der Waals surface area (Å²) in [5.41, 5.74) is 4.60. The van der Waals surface area contributed by atoms with Gasteiger partial charge in [-0.05, 0) is 13.1 Å². The predicted octanol–water partition coefficient (Wildman–Crippen LogP) is 0.956. The highest BCUT2D eigenvalue weighted by Crippen LogP contribution is 2.24. The lowest BCUT2D eigenvalue weighted by Crippen LogP contribution is -2.50. The van der Waals surface area contributed by atoms with E-state index in [-0.39, 0.29) is 0 Å². The Labute approximate surface area is 115 Å². The van der Waals surface area contributed by atoms with Crippen LogP contribution in [0.4, 0.5) is 0 Å². The molecule has 2 rings (SSSR count). The average Bonchev–Trinajstić information content (AvgIpc) is 2.46. The number of hydrogen-bond donors (Lipinski definition) is 1. The van der Waals surface area contributed by atoms with Crippen molar-refractivity contribution in [2.75, 3.05) is 47.4 Å². The molecule has 0 aromatic heterocycles. The molecule has 5 nitrogen and oxygen atoms in total. The molecule has 1 aliphatic heterocycles. The van der Waals surface area contributed by atoms with E-state index in [0.29, 0.717) is 0 Å². The second kappa shape index (κ2) is 6.75. The summed E-state index contributed by atoms with van der Waals surface area (Å²) in [5, 5.41) is 2.27. The first-order valence-electron chi connectivity index (χ1n) is 6.61. The number of likely N-dealkylation sites (N-methyl/N-ethyl adjacent to an activating group) is 1. The molecule has 1 aliphatic rings. The number of benzene rings is 1. The van der Waals surface area contributed by atoms with Gasteiger partial charge >= 0.3 is 0 Å². The standard InChI is InChI=1S/C14H23N3O2/c1-16-6-8-17(9-7-16)15-11-12-4-5-13(18-2)10-14(12)19-3/h4-5,10,15H,6-9,11H2,1-3H3. The van der Waals surface area contributed by atoms with Crippen LogP contribution in [0.25, 0.3) is 0 Å². The predicted molar refractivity (Wildman–Crippen MR) is 75.5 cm³/mol. The molecule has 0 unspecified atom stereocenters. The van der Waals surface area contributed by atoms with Crippen molar-refractivity contribution in [2.24, 2.45) is 0 Å². The Hall–Kier alpha value is -1.30. The lowest BCUT2D eigenvalue weighted by molar-refractivity contribution is 0.102. The minimum atomic E-state index is 0.775. The van der Waals surface area contributed by atoms with Gasteiger partial charge in [0.15, 0.2) is 0 Å². The number of piperazine rings is 1. The van der Waals surface area contributed by atoms with Gasteiger partial charge in [-0.1, -0.05) is 6.07 Å². The zero-order valence-electron chi connectivity index (χ0n) is 12.0. The van der Waals surface area contributed by atoms with Gasteiger partial charge in [0.1, 0.15) is 11.5 Å². The third-order valence-corrected chi connectivity index (χ3v) is 3.49. The largest absolute Gasteiger partial charge is 0.497 e. The summed E-state index contributed by atoms with van der Waals surface area (Å²) < 4.78 is 10.6. The summed E-state index contributed by atoms with van der Waals surface area (Å²) in [6.07, 6.45) is 0. The third kappa shape index (κ3) is 3.83. The smallest absolute Gasteiger partial charge is 0.127 e. The Kier molecular flexibility index (Phi) is 5.01. The summed E-state index contributed by atoms with van der Waals surface area (Å²) in [5.74, 6) is 1.68. The molecule has 1 saturated heterocycles. The molecule has 106 valence electrons. The lowest BCUT2D eigenvalue weighted by Gasteiger charge is -2.32. The highest BCUT2D eigenvalue weighted by atomic mass is 16.5. The SMILES string of the molecule is COc1ccc(CNN2CCN(C)CC2)c(OC)c1. The Morgan fingerprint density at radius 1 is 1.11 bits per heavy atom. The van der Waals surface area contributed by atoms with E-state index >= 15 is 0 Å². The molecule has 1 aromatic rings. The molecule has 1 N–H and O–H groups in total. The fourth-order valence-corrected chi connectivity index (χ4v) is 2.16. The van der Waals surface area contributed by atoms with Crippen molar-refractivity contribution in [3.05, 3.63) is 23.8 Å². The minimum Gasteiger partial charge on any atom is -0.497 e. The van der Waals surface area contributed by atoms with Crippen LogP contribution in [0.15, 0.2) is 18.2 Å². The van der Waals surface area contributed by atoms with E-state index in [1.165, 1.54) is 0 Å². The highest BCUT2D eigenvalue weighted by molar-refractivity contribution is 5.40. The average molecular weight is 265 g/mol. The van der Waals surface area contributed by atoms with E-state index in [1.54, 1.807) is 14.2 Å². The maximum atomic E-state index is 5.40. The molecule has 19 heavy (non-hydrogen) atoms. The lowest BCUT2D eigenvalue weighted by atomic mass is 10.2. The first-order chi connectivity index (χ1) is 9.22. The van der Waals surface area contributed by atoms with Crippen LogP contribution in [0.3, 0.4) is 0 Å². The van der Waals surface area contributed by atoms with Gasteiger partial charge in [0.2, 0.25) is 0 Å². The Morgan fingerprint density at radius 3 is 2.47 bits per heavy atom. The molecule has 1 heterocycles. The molecule has 0 atom stereocenters. The van der Waals surface area contributed by atoms with Gasteiger partial charge in [-0.15, -0.1) is 0 Å². The third-order valence-electron chi connectivity index (χ3n) is 3.49. The maximum absolute atomic E-state index is 5.40. The minimum absolute atomic E-state index is 0.775. The molecule has 1 fully saturated rings. The van der Waals surface area contributed by atoms with Crippen molar-refractivity contribution < 1.29 is 9.47 Å². The Bertz CT molecular complexity index is 404. The van der Waals surface area contributed by atoms with Crippen molar-refractivity contribution in [1.82, 2.24) is 15.3 Å². The van der Waals surface area contributed by atoms with Crippen LogP contribution >= 0.6 is 0 Å². The van der Waals surface area contributed by atoms with Gasteiger partial charge in [-0.25, -0.2) is 5.01 Å². The molecule has 0 spiro atoms. The number of hydrogen-bond acceptors (Lipinski definition) is 5. The molecule has 0 amide bonds. The van der Waals surface area contributed by atoms with Crippen molar-refractivity contribution in [3.63, 3.8) is 0 Å². The molecule has 1 aromatic carbocycles. The van der Waals surface area contributed by atoms with E-state index in [2.05, 4.69) is 22.4 Å². The molecule has 0 bridgehead atoms. The molecule has 0 radical (unpaired) electrons. The van der Waals surface area contributed by atoms with Crippen LogP contribution in [0.1, 0.15) is 5.56 Å². The zero-order valence-corrected chi connectivity index (χ0v) is 12.0. The van der Waals surface area contributed by atoms with Crippen LogP contribution in [0.2, 0.25) is 0 Å². The molecular formula is C14H23N3O2. The fraction of sp³-hybridized carbons (Fsp3) is 0.571. The van der Waals surface area contributed by atoms with Gasteiger partial charge in [0, 0.05) is 44.4 Å². The normalized spacial score (nSPS) is 17.4. The van der Waals surface area contributed by atoms with Crippen LogP contribution in [-0.4, -0.2) is 57.4 Å². The van der Waals surface area contributed by atoms with E-state index in [1.807, 2.05) is 18.2 Å². The first-order valence-corrected chi connectivity index (χ1v) is 6.61. The van der Waals surface area contributed by atoms with E-state index < -0.39 is 0 Å². The topological polar surface area (TPSA) is 37.0 Å². The Balaban J connectivity index is 1.91.